The number of para-hydroxylation sites is 2. The molecule has 0 fully saturated rings. The van der Waals surface area contributed by atoms with Gasteiger partial charge in [0.25, 0.3) is 0 Å². The number of hydrogen-bond donors (Lipinski definition) is 2. The fourth-order valence-electron chi connectivity index (χ4n) is 10.1. The van der Waals surface area contributed by atoms with Gasteiger partial charge in [-0.15, -0.1) is 0 Å². The smallest absolute Gasteiger partial charge is 0.0640 e. The molecular formula is C56H42Cl2N2. The van der Waals surface area contributed by atoms with Crippen molar-refractivity contribution in [2.45, 2.75) is 38.0 Å². The molecule has 0 aliphatic heterocycles. The summed E-state index contributed by atoms with van der Waals surface area (Å²) in [7, 11) is 0. The van der Waals surface area contributed by atoms with Crippen LogP contribution in [-0.4, -0.2) is 0 Å². The normalized spacial score (nSPS) is 15.7. The number of rotatable bonds is 7. The van der Waals surface area contributed by atoms with Crippen molar-refractivity contribution in [3.05, 3.63) is 214 Å². The van der Waals surface area contributed by atoms with Crippen LogP contribution in [0.2, 0.25) is 10.0 Å². The van der Waals surface area contributed by atoms with Gasteiger partial charge in [-0.05, 0) is 156 Å². The average molecular weight is 814 g/mol. The molecule has 0 bridgehead atoms. The van der Waals surface area contributed by atoms with Crippen LogP contribution in [0.5, 0.6) is 0 Å². The summed E-state index contributed by atoms with van der Waals surface area (Å²) in [5.74, 6) is 0. The van der Waals surface area contributed by atoms with Crippen molar-refractivity contribution in [3.63, 3.8) is 0 Å². The average Bonchev–Trinajstić information content (AvgIpc) is 3.63. The van der Waals surface area contributed by atoms with Crippen LogP contribution in [0, 0.1) is 0 Å². The molecule has 2 aliphatic rings. The van der Waals surface area contributed by atoms with Crippen LogP contribution in [0.4, 0.5) is 22.7 Å². The Kier molecular flexibility index (Phi) is 8.50. The Morgan fingerprint density at radius 1 is 0.433 bits per heavy atom. The lowest BCUT2D eigenvalue weighted by atomic mass is 9.74. The first-order chi connectivity index (χ1) is 29.2. The molecule has 0 aromatic heterocycles. The molecule has 9 aromatic carbocycles. The lowest BCUT2D eigenvalue weighted by Crippen LogP contribution is -2.24. The van der Waals surface area contributed by atoms with E-state index in [1.165, 1.54) is 82.7 Å². The largest absolute Gasteiger partial charge is 0.354 e. The monoisotopic (exact) mass is 812 g/mol. The molecule has 2 N–H and O–H groups in total. The molecule has 11 rings (SSSR count). The predicted octanol–water partition coefficient (Wildman–Crippen LogP) is 16.3. The molecule has 0 saturated carbocycles. The van der Waals surface area contributed by atoms with Gasteiger partial charge in [-0.3, -0.25) is 0 Å². The molecule has 4 heteroatoms. The van der Waals surface area contributed by atoms with E-state index in [9.17, 15) is 0 Å². The predicted molar refractivity (Wildman–Crippen MR) is 256 cm³/mol. The molecule has 9 aromatic rings. The van der Waals surface area contributed by atoms with E-state index in [1.54, 1.807) is 0 Å². The lowest BCUT2D eigenvalue weighted by molar-refractivity contribution is 0.584. The molecule has 2 aliphatic carbocycles. The Hall–Kier alpha value is -6.32. The molecule has 290 valence electrons. The Balaban J connectivity index is 1.08. The highest BCUT2D eigenvalue weighted by atomic mass is 35.5. The summed E-state index contributed by atoms with van der Waals surface area (Å²) in [6.45, 7) is 7.17. The molecular weight excluding hydrogens is 772 g/mol. The number of anilines is 4. The lowest BCUT2D eigenvalue weighted by Gasteiger charge is -2.29. The molecule has 0 heterocycles. The third-order valence-electron chi connectivity index (χ3n) is 13.2. The Morgan fingerprint density at radius 3 is 1.70 bits per heavy atom. The summed E-state index contributed by atoms with van der Waals surface area (Å²) in [6, 6.07) is 63.6. The van der Waals surface area contributed by atoms with Gasteiger partial charge in [-0.25, -0.2) is 0 Å². The highest BCUT2D eigenvalue weighted by molar-refractivity contribution is 6.33. The maximum Gasteiger partial charge on any atom is 0.0640 e. The van der Waals surface area contributed by atoms with Gasteiger partial charge < -0.3 is 10.6 Å². The minimum atomic E-state index is -0.308. The molecule has 60 heavy (non-hydrogen) atoms. The van der Waals surface area contributed by atoms with Crippen molar-refractivity contribution in [2.75, 3.05) is 10.6 Å². The van der Waals surface area contributed by atoms with Crippen LogP contribution in [0.1, 0.15) is 48.6 Å². The zero-order chi connectivity index (χ0) is 40.8. The third-order valence-corrected chi connectivity index (χ3v) is 13.8. The Bertz CT molecular complexity index is 3200. The summed E-state index contributed by atoms with van der Waals surface area (Å²) in [4.78, 5) is 0. The van der Waals surface area contributed by atoms with Crippen LogP contribution in [-0.2, 0) is 17.3 Å². The van der Waals surface area contributed by atoms with Gasteiger partial charge in [-0.1, -0.05) is 153 Å². The fraction of sp³-hybridized carbons (Fsp3) is 0.107. The maximum absolute atomic E-state index is 6.65. The van der Waals surface area contributed by atoms with Gasteiger partial charge in [0, 0.05) is 22.2 Å². The summed E-state index contributed by atoms with van der Waals surface area (Å²) in [5.41, 5.74) is 17.6. The van der Waals surface area contributed by atoms with Gasteiger partial charge >= 0.3 is 0 Å². The number of nitrogens with one attached hydrogen (secondary N) is 2. The van der Waals surface area contributed by atoms with E-state index < -0.39 is 0 Å². The SMILES string of the molecule is CC1(C)c2cc(Nc3ccccc3Cl)ccc2-c2c1cc(-c1ccccc1)c1ccc(CC3(C)c4cc(Nc5ccccc5Cl)ccc4-c4cc5ccccc5cc43)cc21. The second-order valence-corrected chi connectivity index (χ2v) is 18.0. The molecule has 0 saturated heterocycles. The molecule has 0 radical (unpaired) electrons. The Morgan fingerprint density at radius 2 is 1.02 bits per heavy atom. The van der Waals surface area contributed by atoms with Crippen LogP contribution >= 0.6 is 23.2 Å². The zero-order valence-electron chi connectivity index (χ0n) is 33.7. The highest BCUT2D eigenvalue weighted by Gasteiger charge is 2.41. The van der Waals surface area contributed by atoms with Crippen molar-refractivity contribution >= 4 is 67.5 Å². The number of fused-ring (bicyclic) bond motifs is 9. The molecule has 0 spiro atoms. The summed E-state index contributed by atoms with van der Waals surface area (Å²) in [5, 5.41) is 13.7. The summed E-state index contributed by atoms with van der Waals surface area (Å²) >= 11 is 13.3. The van der Waals surface area contributed by atoms with Crippen LogP contribution < -0.4 is 10.6 Å². The van der Waals surface area contributed by atoms with E-state index in [0.29, 0.717) is 10.0 Å². The van der Waals surface area contributed by atoms with Crippen LogP contribution in [0.15, 0.2) is 176 Å². The van der Waals surface area contributed by atoms with Gasteiger partial charge in [0.15, 0.2) is 0 Å². The highest BCUT2D eigenvalue weighted by Crippen LogP contribution is 2.56. The quantitative estimate of drug-likeness (QED) is 0.167. The van der Waals surface area contributed by atoms with Gasteiger partial charge in [-0.2, -0.15) is 0 Å². The molecule has 1 atom stereocenters. The second kappa shape index (κ2) is 13.9. The number of hydrogen-bond acceptors (Lipinski definition) is 2. The second-order valence-electron chi connectivity index (χ2n) is 17.2. The zero-order valence-corrected chi connectivity index (χ0v) is 35.2. The van der Waals surface area contributed by atoms with E-state index in [-0.39, 0.29) is 10.8 Å². The van der Waals surface area contributed by atoms with Gasteiger partial charge in [0.05, 0.1) is 21.4 Å². The van der Waals surface area contributed by atoms with E-state index in [4.69, 9.17) is 23.2 Å². The Labute approximate surface area is 361 Å². The first kappa shape index (κ1) is 36.7. The number of benzene rings is 9. The van der Waals surface area contributed by atoms with E-state index in [0.717, 1.165) is 29.2 Å². The first-order valence-electron chi connectivity index (χ1n) is 20.7. The minimum Gasteiger partial charge on any atom is -0.354 e. The molecule has 2 nitrogen and oxygen atoms in total. The fourth-order valence-corrected chi connectivity index (χ4v) is 10.5. The topological polar surface area (TPSA) is 24.1 Å². The van der Waals surface area contributed by atoms with Crippen molar-refractivity contribution < 1.29 is 0 Å². The molecule has 0 amide bonds. The van der Waals surface area contributed by atoms with Crippen LogP contribution in [0.25, 0.3) is 54.9 Å². The standard InChI is InChI=1S/C56H42Cl2N2/c1-55(2)46-30-38(59-52-19-11-9-17-50(52)57)23-26-42(46)54-45-27-34(21-24-40(45)43(32-49(54)55)35-13-5-4-6-14-35)33-56(3)47-29-37-16-8-7-15-36(37)28-44(47)41-25-22-39(31-48(41)56)60-53-20-12-10-18-51(53)58/h4-32,59-60H,33H2,1-3H3. The van der Waals surface area contributed by atoms with Crippen molar-refractivity contribution in [2.24, 2.45) is 0 Å². The maximum atomic E-state index is 6.65. The third kappa shape index (κ3) is 5.85. The van der Waals surface area contributed by atoms with E-state index in [1.807, 2.05) is 48.5 Å². The van der Waals surface area contributed by atoms with Gasteiger partial charge in [0.1, 0.15) is 0 Å². The van der Waals surface area contributed by atoms with Crippen molar-refractivity contribution in [1.82, 2.24) is 0 Å². The summed E-state index contributed by atoms with van der Waals surface area (Å²) in [6.07, 6.45) is 0.831. The van der Waals surface area contributed by atoms with E-state index >= 15 is 0 Å². The van der Waals surface area contributed by atoms with Crippen molar-refractivity contribution in [1.29, 1.82) is 0 Å². The number of halogens is 2. The van der Waals surface area contributed by atoms with E-state index in [2.05, 4.69) is 159 Å². The van der Waals surface area contributed by atoms with Crippen molar-refractivity contribution in [3.8, 4) is 33.4 Å². The minimum absolute atomic E-state index is 0.238. The van der Waals surface area contributed by atoms with Gasteiger partial charge in [0.2, 0.25) is 0 Å². The van der Waals surface area contributed by atoms with Crippen LogP contribution in [0.3, 0.4) is 0 Å². The molecule has 1 unspecified atom stereocenters. The summed E-state index contributed by atoms with van der Waals surface area (Å²) < 4.78 is 0. The first-order valence-corrected chi connectivity index (χ1v) is 21.4.